The van der Waals surface area contributed by atoms with Crippen LogP contribution >= 0.6 is 11.8 Å². The molecule has 0 bridgehead atoms. The van der Waals surface area contributed by atoms with E-state index in [0.717, 1.165) is 23.4 Å². The second-order valence-electron chi connectivity index (χ2n) is 5.36. The van der Waals surface area contributed by atoms with E-state index < -0.39 is 0 Å². The first-order valence-corrected chi connectivity index (χ1v) is 7.84. The Morgan fingerprint density at radius 1 is 1.15 bits per heavy atom. The summed E-state index contributed by atoms with van der Waals surface area (Å²) in [7, 11) is 0. The van der Waals surface area contributed by atoms with Crippen LogP contribution in [0, 0.1) is 6.92 Å². The van der Waals surface area contributed by atoms with Gasteiger partial charge >= 0.3 is 0 Å². The van der Waals surface area contributed by atoms with Gasteiger partial charge in [0.2, 0.25) is 0 Å². The number of rotatable bonds is 1. The molecule has 2 aromatic carbocycles. The van der Waals surface area contributed by atoms with E-state index in [1.165, 1.54) is 11.1 Å². The Morgan fingerprint density at radius 2 is 2.00 bits per heavy atom. The van der Waals surface area contributed by atoms with Crippen molar-refractivity contribution in [3.63, 3.8) is 0 Å². The van der Waals surface area contributed by atoms with Gasteiger partial charge in [-0.05, 0) is 18.6 Å². The molecule has 1 atom stereocenters. The fourth-order valence-corrected chi connectivity index (χ4v) is 4.88. The molecular weight excluding hydrogens is 266 g/mol. The number of carbonyl (C=O) groups is 1. The summed E-state index contributed by atoms with van der Waals surface area (Å²) < 4.78 is 0. The Morgan fingerprint density at radius 3 is 2.85 bits per heavy atom. The summed E-state index contributed by atoms with van der Waals surface area (Å²) in [4.78, 5) is 14.4. The van der Waals surface area contributed by atoms with Crippen molar-refractivity contribution in [3.8, 4) is 0 Å². The van der Waals surface area contributed by atoms with Crippen LogP contribution in [0.5, 0.6) is 0 Å². The molecule has 4 rings (SSSR count). The number of amides is 1. The molecule has 2 heterocycles. The molecule has 2 nitrogen and oxygen atoms in total. The molecule has 0 N–H and O–H groups in total. The van der Waals surface area contributed by atoms with Crippen molar-refractivity contribution in [2.24, 2.45) is 0 Å². The van der Waals surface area contributed by atoms with Gasteiger partial charge in [0.05, 0.1) is 0 Å². The summed E-state index contributed by atoms with van der Waals surface area (Å²) >= 11 is 1.87. The predicted molar refractivity (Wildman–Crippen MR) is 81.9 cm³/mol. The van der Waals surface area contributed by atoms with Gasteiger partial charge in [0.1, 0.15) is 4.87 Å². The molecule has 1 amide bonds. The topological polar surface area (TPSA) is 20.3 Å². The lowest BCUT2D eigenvalue weighted by atomic mass is 9.96. The van der Waals surface area contributed by atoms with Gasteiger partial charge in [0, 0.05) is 23.4 Å². The van der Waals surface area contributed by atoms with Crippen molar-refractivity contribution in [1.82, 2.24) is 4.90 Å². The quantitative estimate of drug-likeness (QED) is 0.798. The van der Waals surface area contributed by atoms with Gasteiger partial charge in [0.25, 0.3) is 5.91 Å². The molecule has 1 fully saturated rings. The molecular formula is C17H15NOS. The van der Waals surface area contributed by atoms with Crippen molar-refractivity contribution in [2.45, 2.75) is 11.8 Å². The second kappa shape index (κ2) is 4.13. The largest absolute Gasteiger partial charge is 0.315 e. The molecule has 0 unspecified atom stereocenters. The third kappa shape index (κ3) is 1.39. The van der Waals surface area contributed by atoms with Gasteiger partial charge in [-0.25, -0.2) is 0 Å². The summed E-state index contributed by atoms with van der Waals surface area (Å²) in [5, 5.41) is 0. The summed E-state index contributed by atoms with van der Waals surface area (Å²) in [5.74, 6) is 1.17. The van der Waals surface area contributed by atoms with E-state index >= 15 is 0 Å². The number of thioether (sulfide) groups is 1. The molecule has 20 heavy (non-hydrogen) atoms. The first-order chi connectivity index (χ1) is 9.73. The van der Waals surface area contributed by atoms with E-state index in [4.69, 9.17) is 0 Å². The van der Waals surface area contributed by atoms with Crippen molar-refractivity contribution in [1.29, 1.82) is 0 Å². The maximum atomic E-state index is 12.7. The van der Waals surface area contributed by atoms with Gasteiger partial charge < -0.3 is 4.90 Å². The number of benzene rings is 2. The van der Waals surface area contributed by atoms with Crippen LogP contribution in [-0.2, 0) is 4.87 Å². The molecule has 1 saturated heterocycles. The first-order valence-electron chi connectivity index (χ1n) is 6.86. The van der Waals surface area contributed by atoms with Crippen LogP contribution in [-0.4, -0.2) is 23.1 Å². The van der Waals surface area contributed by atoms with Crippen LogP contribution in [0.2, 0.25) is 0 Å². The third-order valence-corrected chi connectivity index (χ3v) is 5.66. The van der Waals surface area contributed by atoms with Crippen molar-refractivity contribution in [3.05, 3.63) is 70.8 Å². The van der Waals surface area contributed by atoms with E-state index in [9.17, 15) is 4.79 Å². The van der Waals surface area contributed by atoms with Crippen LogP contribution < -0.4 is 0 Å². The van der Waals surface area contributed by atoms with Crippen LogP contribution in [0.4, 0.5) is 0 Å². The Bertz CT molecular complexity index is 712. The van der Waals surface area contributed by atoms with Crippen molar-refractivity contribution >= 4 is 17.7 Å². The minimum atomic E-state index is -0.306. The standard InChI is InChI=1S/C17H15NOS/c1-12-5-4-6-13(11-12)17-15-8-3-2-7-14(15)16(19)18(17)9-10-20-17/h2-8,11H,9-10H2,1H3/t17-/m1/s1. The van der Waals surface area contributed by atoms with E-state index in [2.05, 4.69) is 37.3 Å². The number of nitrogens with zero attached hydrogens (tertiary/aromatic N) is 1. The van der Waals surface area contributed by atoms with E-state index in [1.807, 2.05) is 34.9 Å². The number of carbonyl (C=O) groups excluding carboxylic acids is 1. The zero-order valence-corrected chi connectivity index (χ0v) is 12.1. The molecule has 0 saturated carbocycles. The fourth-order valence-electron chi connectivity index (χ4n) is 3.35. The van der Waals surface area contributed by atoms with Crippen molar-refractivity contribution in [2.75, 3.05) is 12.3 Å². The monoisotopic (exact) mass is 281 g/mol. The van der Waals surface area contributed by atoms with E-state index in [1.54, 1.807) is 0 Å². The van der Waals surface area contributed by atoms with Gasteiger partial charge in [0.15, 0.2) is 0 Å². The first kappa shape index (κ1) is 12.0. The number of hydrogen-bond acceptors (Lipinski definition) is 2. The van der Waals surface area contributed by atoms with Crippen LogP contribution in [0.3, 0.4) is 0 Å². The smallest absolute Gasteiger partial charge is 0.255 e. The molecule has 0 aliphatic carbocycles. The lowest BCUT2D eigenvalue weighted by Gasteiger charge is -2.32. The van der Waals surface area contributed by atoms with E-state index in [-0.39, 0.29) is 10.8 Å². The SMILES string of the molecule is Cc1cccc([C@]23SCCN2C(=O)c2ccccc23)c1. The lowest BCUT2D eigenvalue weighted by Crippen LogP contribution is -2.37. The maximum Gasteiger partial charge on any atom is 0.255 e. The Balaban J connectivity index is 2.01. The fraction of sp³-hybridized carbons (Fsp3) is 0.235. The summed E-state index contributed by atoms with van der Waals surface area (Å²) in [6, 6.07) is 16.6. The van der Waals surface area contributed by atoms with Crippen LogP contribution in [0.15, 0.2) is 48.5 Å². The van der Waals surface area contributed by atoms with Gasteiger partial charge in [-0.3, -0.25) is 4.79 Å². The molecule has 2 aliphatic rings. The van der Waals surface area contributed by atoms with Crippen molar-refractivity contribution < 1.29 is 4.79 Å². The highest BCUT2D eigenvalue weighted by atomic mass is 32.2. The minimum Gasteiger partial charge on any atom is -0.315 e. The van der Waals surface area contributed by atoms with Crippen LogP contribution in [0.1, 0.15) is 27.0 Å². The highest BCUT2D eigenvalue weighted by Gasteiger charge is 2.54. The van der Waals surface area contributed by atoms with Gasteiger partial charge in [-0.1, -0.05) is 48.0 Å². The van der Waals surface area contributed by atoms with E-state index in [0.29, 0.717) is 0 Å². The zero-order valence-electron chi connectivity index (χ0n) is 11.3. The molecule has 2 aliphatic heterocycles. The Labute approximate surface area is 122 Å². The average Bonchev–Trinajstić information content (AvgIpc) is 3.00. The average molecular weight is 281 g/mol. The summed E-state index contributed by atoms with van der Waals surface area (Å²) in [6.45, 7) is 2.93. The predicted octanol–water partition coefficient (Wildman–Crippen LogP) is 3.40. The second-order valence-corrected chi connectivity index (χ2v) is 6.65. The normalized spacial score (nSPS) is 23.9. The molecule has 0 aromatic heterocycles. The Kier molecular flexibility index (Phi) is 2.48. The molecule has 0 spiro atoms. The molecule has 3 heteroatoms. The number of fused-ring (bicyclic) bond motifs is 3. The number of hydrogen-bond donors (Lipinski definition) is 0. The highest BCUT2D eigenvalue weighted by molar-refractivity contribution is 8.00. The minimum absolute atomic E-state index is 0.173. The zero-order chi connectivity index (χ0) is 13.7. The van der Waals surface area contributed by atoms with Gasteiger partial charge in [-0.2, -0.15) is 0 Å². The third-order valence-electron chi connectivity index (χ3n) is 4.18. The van der Waals surface area contributed by atoms with Crippen LogP contribution in [0.25, 0.3) is 0 Å². The van der Waals surface area contributed by atoms with Gasteiger partial charge in [-0.15, -0.1) is 11.8 Å². The molecule has 2 aromatic rings. The summed E-state index contributed by atoms with van der Waals surface area (Å²) in [6.07, 6.45) is 0. The molecule has 0 radical (unpaired) electrons. The highest BCUT2D eigenvalue weighted by Crippen LogP contribution is 2.55. The number of aryl methyl sites for hydroxylation is 1. The molecule has 100 valence electrons. The maximum absolute atomic E-state index is 12.7. The lowest BCUT2D eigenvalue weighted by molar-refractivity contribution is 0.0752. The summed E-state index contributed by atoms with van der Waals surface area (Å²) in [5.41, 5.74) is 4.47. The Hall–Kier alpha value is -1.74.